The number of carbonyl (C=O) groups excluding carboxylic acids is 3. The number of hydrogen-bond donors (Lipinski definition) is 0. The lowest BCUT2D eigenvalue weighted by atomic mass is 9.64. The van der Waals surface area contributed by atoms with Crippen LogP contribution in [0.15, 0.2) is 97.1 Å². The molecule has 2 aliphatic heterocycles. The molecular formula is C33H20ClF2NO3. The van der Waals surface area contributed by atoms with Gasteiger partial charge in [-0.3, -0.25) is 14.4 Å². The van der Waals surface area contributed by atoms with Crippen LogP contribution in [0.1, 0.15) is 48.1 Å². The van der Waals surface area contributed by atoms with Crippen molar-refractivity contribution in [3.05, 3.63) is 142 Å². The number of benzene rings is 4. The number of halogens is 3. The molecule has 0 radical (unpaired) electrons. The van der Waals surface area contributed by atoms with Crippen molar-refractivity contribution in [1.82, 2.24) is 0 Å². The van der Waals surface area contributed by atoms with Gasteiger partial charge in [0, 0.05) is 33.3 Å². The average Bonchev–Trinajstić information content (AvgIpc) is 3.39. The van der Waals surface area contributed by atoms with Crippen molar-refractivity contribution in [1.29, 1.82) is 0 Å². The van der Waals surface area contributed by atoms with Crippen molar-refractivity contribution >= 4 is 40.7 Å². The Bertz CT molecular complexity index is 1730. The van der Waals surface area contributed by atoms with Gasteiger partial charge in [0.05, 0.1) is 6.04 Å². The van der Waals surface area contributed by atoms with Crippen LogP contribution in [0, 0.1) is 17.0 Å². The van der Waals surface area contributed by atoms with Crippen molar-refractivity contribution in [3.63, 3.8) is 0 Å². The van der Waals surface area contributed by atoms with Crippen molar-refractivity contribution in [2.24, 2.45) is 5.41 Å². The zero-order valence-electron chi connectivity index (χ0n) is 20.9. The SMILES string of the molecule is O=C(c1ccc(F)cc1)[C@H]1[C@H](c2ccc(F)cc2)C2(C(=O)c3ccccc3C2=O)C2C=Cc3cc(Cl)ccc3N21. The summed E-state index contributed by atoms with van der Waals surface area (Å²) in [6, 6.07) is 20.8. The van der Waals surface area contributed by atoms with E-state index in [1.165, 1.54) is 48.5 Å². The van der Waals surface area contributed by atoms with Crippen molar-refractivity contribution in [2.75, 3.05) is 4.90 Å². The first-order valence-electron chi connectivity index (χ1n) is 12.8. The van der Waals surface area contributed by atoms with Gasteiger partial charge in [-0.1, -0.05) is 60.2 Å². The Labute approximate surface area is 233 Å². The van der Waals surface area contributed by atoms with Gasteiger partial charge in [0.2, 0.25) is 0 Å². The van der Waals surface area contributed by atoms with Crippen LogP contribution in [0.5, 0.6) is 0 Å². The lowest BCUT2D eigenvalue weighted by Crippen LogP contribution is -2.48. The van der Waals surface area contributed by atoms with E-state index in [-0.39, 0.29) is 22.9 Å². The van der Waals surface area contributed by atoms with Gasteiger partial charge in [-0.05, 0) is 65.7 Å². The molecule has 1 spiro atoms. The summed E-state index contributed by atoms with van der Waals surface area (Å²) in [6.45, 7) is 0. The van der Waals surface area contributed by atoms with E-state index in [1.807, 2.05) is 11.0 Å². The Morgan fingerprint density at radius 2 is 1.40 bits per heavy atom. The molecule has 7 heteroatoms. The van der Waals surface area contributed by atoms with Crippen LogP contribution in [0.4, 0.5) is 14.5 Å². The standard InChI is InChI=1S/C33H20ClF2NO3/c34-21-10-15-26-20(17-21)9-16-27-33(31(39)24-3-1-2-4-25(24)32(33)40)28(18-5-11-22(35)12-6-18)29(37(26)27)30(38)19-7-13-23(36)14-8-19/h1-17,27-29H/t27?,28-,29+/m0/s1. The van der Waals surface area contributed by atoms with Gasteiger partial charge in [-0.2, -0.15) is 0 Å². The number of fused-ring (bicyclic) bond motifs is 5. The topological polar surface area (TPSA) is 54.5 Å². The highest BCUT2D eigenvalue weighted by molar-refractivity contribution is 6.32. The maximum atomic E-state index is 14.5. The van der Waals surface area contributed by atoms with Crippen LogP contribution < -0.4 is 4.90 Å². The average molecular weight is 552 g/mol. The fourth-order valence-electron chi connectivity index (χ4n) is 6.78. The molecule has 196 valence electrons. The highest BCUT2D eigenvalue weighted by atomic mass is 35.5. The molecule has 40 heavy (non-hydrogen) atoms. The quantitative estimate of drug-likeness (QED) is 0.204. The Morgan fingerprint density at radius 3 is 2.02 bits per heavy atom. The fourth-order valence-corrected chi connectivity index (χ4v) is 6.96. The smallest absolute Gasteiger partial charge is 0.185 e. The molecule has 0 saturated carbocycles. The maximum absolute atomic E-state index is 14.5. The number of ketones is 3. The molecule has 4 aromatic rings. The minimum atomic E-state index is -1.70. The molecule has 0 aromatic heterocycles. The van der Waals surface area contributed by atoms with E-state index < -0.39 is 35.1 Å². The summed E-state index contributed by atoms with van der Waals surface area (Å²) in [6.07, 6.45) is 3.61. The maximum Gasteiger partial charge on any atom is 0.185 e. The zero-order chi connectivity index (χ0) is 27.8. The van der Waals surface area contributed by atoms with E-state index in [4.69, 9.17) is 11.6 Å². The molecule has 4 nitrogen and oxygen atoms in total. The van der Waals surface area contributed by atoms with Gasteiger partial charge in [0.1, 0.15) is 23.1 Å². The number of Topliss-reactive ketones (excluding diaryl/α,β-unsaturated/α-hetero) is 3. The molecule has 1 aliphatic carbocycles. The summed E-state index contributed by atoms with van der Waals surface area (Å²) in [4.78, 5) is 45.3. The predicted octanol–water partition coefficient (Wildman–Crippen LogP) is 6.93. The summed E-state index contributed by atoms with van der Waals surface area (Å²) in [5.74, 6) is -3.10. The second-order valence-electron chi connectivity index (χ2n) is 10.3. The number of anilines is 1. The van der Waals surface area contributed by atoms with Gasteiger partial charge in [0.15, 0.2) is 17.3 Å². The highest BCUT2D eigenvalue weighted by Crippen LogP contribution is 2.61. The minimum Gasteiger partial charge on any atom is -0.352 e. The van der Waals surface area contributed by atoms with Gasteiger partial charge in [-0.15, -0.1) is 0 Å². The van der Waals surface area contributed by atoms with Crippen molar-refractivity contribution in [2.45, 2.75) is 18.0 Å². The van der Waals surface area contributed by atoms with Gasteiger partial charge in [0.25, 0.3) is 0 Å². The van der Waals surface area contributed by atoms with Gasteiger partial charge >= 0.3 is 0 Å². The van der Waals surface area contributed by atoms with Crippen LogP contribution in [0.2, 0.25) is 5.02 Å². The van der Waals surface area contributed by atoms with Crippen LogP contribution in [-0.2, 0) is 0 Å². The normalized spacial score (nSPS) is 21.9. The molecule has 3 aliphatic rings. The Kier molecular flexibility index (Phi) is 5.41. The number of rotatable bonds is 3. The fraction of sp³-hybridized carbons (Fsp3) is 0.121. The first kappa shape index (κ1) is 24.6. The second-order valence-corrected chi connectivity index (χ2v) is 10.8. The highest BCUT2D eigenvalue weighted by Gasteiger charge is 2.71. The number of nitrogens with zero attached hydrogens (tertiary/aromatic N) is 1. The van der Waals surface area contributed by atoms with Crippen LogP contribution in [0.25, 0.3) is 6.08 Å². The van der Waals surface area contributed by atoms with Crippen LogP contribution in [-0.4, -0.2) is 29.4 Å². The summed E-state index contributed by atoms with van der Waals surface area (Å²) < 4.78 is 28.0. The van der Waals surface area contributed by atoms with E-state index in [2.05, 4.69) is 0 Å². The molecule has 7 rings (SSSR count). The molecule has 1 fully saturated rings. The van der Waals surface area contributed by atoms with Crippen molar-refractivity contribution < 1.29 is 23.2 Å². The molecule has 2 heterocycles. The number of carbonyl (C=O) groups is 3. The van der Waals surface area contributed by atoms with E-state index in [9.17, 15) is 23.2 Å². The van der Waals surface area contributed by atoms with Crippen LogP contribution >= 0.6 is 11.6 Å². The third kappa shape index (κ3) is 3.26. The third-order valence-electron chi connectivity index (χ3n) is 8.39. The molecule has 0 N–H and O–H groups in total. The summed E-state index contributed by atoms with van der Waals surface area (Å²) >= 11 is 6.30. The summed E-state index contributed by atoms with van der Waals surface area (Å²) in [5, 5.41) is 0.493. The van der Waals surface area contributed by atoms with Gasteiger partial charge < -0.3 is 4.90 Å². The number of hydrogen-bond acceptors (Lipinski definition) is 4. The van der Waals surface area contributed by atoms with E-state index in [1.54, 1.807) is 48.5 Å². The summed E-state index contributed by atoms with van der Waals surface area (Å²) in [5.41, 5.74) is 0.971. The molecular weight excluding hydrogens is 532 g/mol. The molecule has 0 amide bonds. The molecule has 1 saturated heterocycles. The molecule has 3 atom stereocenters. The summed E-state index contributed by atoms with van der Waals surface area (Å²) in [7, 11) is 0. The third-order valence-corrected chi connectivity index (χ3v) is 8.63. The molecule has 4 aromatic carbocycles. The predicted molar refractivity (Wildman–Crippen MR) is 148 cm³/mol. The zero-order valence-corrected chi connectivity index (χ0v) is 21.6. The monoisotopic (exact) mass is 551 g/mol. The Hall–Kier alpha value is -4.42. The first-order chi connectivity index (χ1) is 19.3. The van der Waals surface area contributed by atoms with E-state index in [0.717, 1.165) is 5.56 Å². The Morgan fingerprint density at radius 1 is 0.800 bits per heavy atom. The lowest BCUT2D eigenvalue weighted by molar-refractivity contribution is 0.0666. The lowest BCUT2D eigenvalue weighted by Gasteiger charge is -2.37. The molecule has 1 unspecified atom stereocenters. The largest absolute Gasteiger partial charge is 0.352 e. The Balaban J connectivity index is 1.54. The second kappa shape index (κ2) is 8.80. The minimum absolute atomic E-state index is 0.231. The van der Waals surface area contributed by atoms with E-state index in [0.29, 0.717) is 27.4 Å². The van der Waals surface area contributed by atoms with Crippen LogP contribution in [0.3, 0.4) is 0 Å². The first-order valence-corrected chi connectivity index (χ1v) is 13.2. The van der Waals surface area contributed by atoms with Gasteiger partial charge in [-0.25, -0.2) is 8.78 Å². The van der Waals surface area contributed by atoms with Crippen molar-refractivity contribution in [3.8, 4) is 0 Å². The van der Waals surface area contributed by atoms with E-state index >= 15 is 0 Å². The molecule has 0 bridgehead atoms.